The van der Waals surface area contributed by atoms with E-state index in [1.165, 1.54) is 0 Å². The molecule has 3 aromatic carbocycles. The molecule has 0 aliphatic rings. The van der Waals surface area contributed by atoms with Crippen LogP contribution in [0.4, 0.5) is 0 Å². The molecule has 6 heteroatoms. The lowest BCUT2D eigenvalue weighted by Crippen LogP contribution is -2.25. The fraction of sp³-hybridized carbons (Fsp3) is 0.120. The first-order valence-electron chi connectivity index (χ1n) is 9.89. The standard InChI is InChI=1S/C25H21N3O3/c1-16-10-12-18(13-11-16)23(29)20-8-3-4-9-21(20)25(30)26-15-22-27-24(28-31-22)19-7-5-6-17(2)14-19/h3-14H,15H2,1-2H3,(H,26,30). The number of carbonyl (C=O) groups is 2. The van der Waals surface area contributed by atoms with Crippen LogP contribution < -0.4 is 5.32 Å². The highest BCUT2D eigenvalue weighted by molar-refractivity contribution is 6.15. The molecule has 0 unspecified atom stereocenters. The van der Waals surface area contributed by atoms with Gasteiger partial charge in [0, 0.05) is 16.7 Å². The molecule has 0 aliphatic carbocycles. The van der Waals surface area contributed by atoms with E-state index in [9.17, 15) is 9.59 Å². The Morgan fingerprint density at radius 1 is 0.871 bits per heavy atom. The Hall–Kier alpha value is -4.06. The maximum absolute atomic E-state index is 12.9. The van der Waals surface area contributed by atoms with E-state index in [4.69, 9.17) is 4.52 Å². The monoisotopic (exact) mass is 411 g/mol. The van der Waals surface area contributed by atoms with Gasteiger partial charge in [0.25, 0.3) is 5.91 Å². The van der Waals surface area contributed by atoms with E-state index >= 15 is 0 Å². The van der Waals surface area contributed by atoms with Crippen LogP contribution in [0.15, 0.2) is 77.3 Å². The molecule has 1 amide bonds. The van der Waals surface area contributed by atoms with Crippen molar-refractivity contribution >= 4 is 11.7 Å². The second-order valence-electron chi connectivity index (χ2n) is 7.30. The number of benzene rings is 3. The number of hydrogen-bond donors (Lipinski definition) is 1. The Balaban J connectivity index is 1.49. The third-order valence-electron chi connectivity index (χ3n) is 4.87. The third kappa shape index (κ3) is 4.59. The molecule has 6 nitrogen and oxygen atoms in total. The van der Waals surface area contributed by atoms with Crippen LogP contribution >= 0.6 is 0 Å². The van der Waals surface area contributed by atoms with Crippen molar-refractivity contribution in [3.8, 4) is 11.4 Å². The van der Waals surface area contributed by atoms with Crippen molar-refractivity contribution in [3.05, 3.63) is 107 Å². The molecule has 0 saturated heterocycles. The van der Waals surface area contributed by atoms with Crippen LogP contribution in [0.3, 0.4) is 0 Å². The summed E-state index contributed by atoms with van der Waals surface area (Å²) in [7, 11) is 0. The lowest BCUT2D eigenvalue weighted by Gasteiger charge is -2.09. The van der Waals surface area contributed by atoms with Gasteiger partial charge in [0.15, 0.2) is 5.78 Å². The van der Waals surface area contributed by atoms with Crippen molar-refractivity contribution in [2.45, 2.75) is 20.4 Å². The Labute approximate surface area is 179 Å². The molecule has 0 radical (unpaired) electrons. The topological polar surface area (TPSA) is 85.1 Å². The number of nitrogens with one attached hydrogen (secondary N) is 1. The summed E-state index contributed by atoms with van der Waals surface area (Å²) in [4.78, 5) is 30.1. The van der Waals surface area contributed by atoms with E-state index in [2.05, 4.69) is 15.5 Å². The molecule has 0 atom stereocenters. The summed E-state index contributed by atoms with van der Waals surface area (Å²) in [6.45, 7) is 4.00. The molecule has 4 rings (SSSR count). The molecule has 154 valence electrons. The summed E-state index contributed by atoms with van der Waals surface area (Å²) < 4.78 is 5.26. The van der Waals surface area contributed by atoms with Crippen molar-refractivity contribution in [1.82, 2.24) is 15.5 Å². The van der Waals surface area contributed by atoms with Gasteiger partial charge in [0.05, 0.1) is 12.1 Å². The van der Waals surface area contributed by atoms with Crippen molar-refractivity contribution in [3.63, 3.8) is 0 Å². The maximum atomic E-state index is 12.9. The SMILES string of the molecule is Cc1ccc(C(=O)c2ccccc2C(=O)NCc2nc(-c3cccc(C)c3)no2)cc1. The van der Waals surface area contributed by atoms with Crippen molar-refractivity contribution in [2.75, 3.05) is 0 Å². The number of aryl methyl sites for hydroxylation is 2. The van der Waals surface area contributed by atoms with Gasteiger partial charge in [-0.2, -0.15) is 4.98 Å². The second-order valence-corrected chi connectivity index (χ2v) is 7.30. The molecule has 0 bridgehead atoms. The summed E-state index contributed by atoms with van der Waals surface area (Å²) in [5.74, 6) is 0.159. The van der Waals surface area contributed by atoms with Crippen LogP contribution in [0.1, 0.15) is 43.3 Å². The molecule has 31 heavy (non-hydrogen) atoms. The van der Waals surface area contributed by atoms with Gasteiger partial charge in [-0.3, -0.25) is 9.59 Å². The van der Waals surface area contributed by atoms with E-state index in [0.717, 1.165) is 16.7 Å². The zero-order valence-corrected chi connectivity index (χ0v) is 17.3. The fourth-order valence-corrected chi connectivity index (χ4v) is 3.22. The Morgan fingerprint density at radius 2 is 1.61 bits per heavy atom. The largest absolute Gasteiger partial charge is 0.343 e. The molecule has 0 fully saturated rings. The number of aromatic nitrogens is 2. The van der Waals surface area contributed by atoms with Crippen LogP contribution in [-0.2, 0) is 6.54 Å². The Kier molecular flexibility index (Phi) is 5.71. The molecular weight excluding hydrogens is 390 g/mol. The van der Waals surface area contributed by atoms with Crippen molar-refractivity contribution in [2.24, 2.45) is 0 Å². The average Bonchev–Trinajstić information content (AvgIpc) is 3.27. The molecule has 1 N–H and O–H groups in total. The van der Waals surface area contributed by atoms with Gasteiger partial charge in [0.2, 0.25) is 11.7 Å². The molecule has 0 saturated carbocycles. The quantitative estimate of drug-likeness (QED) is 0.472. The van der Waals surface area contributed by atoms with Gasteiger partial charge in [-0.15, -0.1) is 0 Å². The first-order valence-corrected chi connectivity index (χ1v) is 9.89. The van der Waals surface area contributed by atoms with Crippen LogP contribution in [0, 0.1) is 13.8 Å². The summed E-state index contributed by atoms with van der Waals surface area (Å²) in [5, 5.41) is 6.74. The molecule has 1 heterocycles. The number of amides is 1. The number of ketones is 1. The lowest BCUT2D eigenvalue weighted by atomic mass is 9.97. The van der Waals surface area contributed by atoms with Crippen molar-refractivity contribution < 1.29 is 14.1 Å². The van der Waals surface area contributed by atoms with Gasteiger partial charge < -0.3 is 9.84 Å². The maximum Gasteiger partial charge on any atom is 0.252 e. The first-order chi connectivity index (χ1) is 15.0. The van der Waals surface area contributed by atoms with Gasteiger partial charge in [-0.05, 0) is 26.0 Å². The summed E-state index contributed by atoms with van der Waals surface area (Å²) >= 11 is 0. The van der Waals surface area contributed by atoms with Gasteiger partial charge in [0.1, 0.15) is 0 Å². The highest BCUT2D eigenvalue weighted by atomic mass is 16.5. The first kappa shape index (κ1) is 20.2. The number of nitrogens with zero attached hydrogens (tertiary/aromatic N) is 2. The van der Waals surface area contributed by atoms with Gasteiger partial charge >= 0.3 is 0 Å². The Bertz CT molecular complexity index is 1240. The van der Waals surface area contributed by atoms with Gasteiger partial charge in [-0.1, -0.05) is 76.9 Å². The summed E-state index contributed by atoms with van der Waals surface area (Å²) in [6.07, 6.45) is 0. The zero-order chi connectivity index (χ0) is 21.8. The van der Waals surface area contributed by atoms with Crippen molar-refractivity contribution in [1.29, 1.82) is 0 Å². The lowest BCUT2D eigenvalue weighted by molar-refractivity contribution is 0.0935. The summed E-state index contributed by atoms with van der Waals surface area (Å²) in [6, 6.07) is 21.8. The van der Waals surface area contributed by atoms with Gasteiger partial charge in [-0.25, -0.2) is 0 Å². The van der Waals surface area contributed by atoms with E-state index in [0.29, 0.717) is 22.5 Å². The minimum Gasteiger partial charge on any atom is -0.343 e. The molecular formula is C25H21N3O3. The molecule has 0 aliphatic heterocycles. The van der Waals surface area contributed by atoms with E-state index in [-0.39, 0.29) is 24.1 Å². The average molecular weight is 411 g/mol. The number of rotatable bonds is 6. The van der Waals surface area contributed by atoms with Crippen LogP contribution in [0.25, 0.3) is 11.4 Å². The molecule has 1 aromatic heterocycles. The highest BCUT2D eigenvalue weighted by Gasteiger charge is 2.18. The van der Waals surface area contributed by atoms with E-state index in [1.807, 2.05) is 50.2 Å². The predicted molar refractivity (Wildman–Crippen MR) is 117 cm³/mol. The van der Waals surface area contributed by atoms with E-state index < -0.39 is 0 Å². The Morgan fingerprint density at radius 3 is 2.35 bits per heavy atom. The molecule has 4 aromatic rings. The highest BCUT2D eigenvalue weighted by Crippen LogP contribution is 2.18. The number of carbonyl (C=O) groups excluding carboxylic acids is 2. The summed E-state index contributed by atoms with van der Waals surface area (Å²) in [5.41, 5.74) is 4.17. The van der Waals surface area contributed by atoms with Crippen LogP contribution in [0.2, 0.25) is 0 Å². The fourth-order valence-electron chi connectivity index (χ4n) is 3.22. The van der Waals surface area contributed by atoms with Crippen LogP contribution in [-0.4, -0.2) is 21.8 Å². The minimum atomic E-state index is -0.383. The molecule has 0 spiro atoms. The van der Waals surface area contributed by atoms with E-state index in [1.54, 1.807) is 36.4 Å². The smallest absolute Gasteiger partial charge is 0.252 e. The normalized spacial score (nSPS) is 10.6. The minimum absolute atomic E-state index is 0.0602. The predicted octanol–water partition coefficient (Wildman–Crippen LogP) is 4.51. The zero-order valence-electron chi connectivity index (χ0n) is 17.3. The number of hydrogen-bond acceptors (Lipinski definition) is 5. The van der Waals surface area contributed by atoms with Crippen LogP contribution in [0.5, 0.6) is 0 Å². The third-order valence-corrected chi connectivity index (χ3v) is 4.87. The second kappa shape index (κ2) is 8.75.